The van der Waals surface area contributed by atoms with Gasteiger partial charge in [-0.1, -0.05) is 25.1 Å². The Kier molecular flexibility index (Phi) is 7.94. The van der Waals surface area contributed by atoms with Crippen molar-refractivity contribution in [3.8, 4) is 0 Å². The summed E-state index contributed by atoms with van der Waals surface area (Å²) in [5.41, 5.74) is 1.93. The number of amides is 2. The third-order valence-corrected chi connectivity index (χ3v) is 6.31. The van der Waals surface area contributed by atoms with E-state index in [4.69, 9.17) is 4.98 Å². The number of nitrogens with zero attached hydrogens (tertiary/aromatic N) is 4. The van der Waals surface area contributed by atoms with E-state index in [0.29, 0.717) is 51.3 Å². The Morgan fingerprint density at radius 1 is 1.03 bits per heavy atom. The highest BCUT2D eigenvalue weighted by atomic mass is 19.4. The number of carbonyl (C=O) groups is 1. The number of nitrogens with one attached hydrogen (secondary N) is 1. The van der Waals surface area contributed by atoms with E-state index in [9.17, 15) is 22.4 Å². The van der Waals surface area contributed by atoms with Crippen LogP contribution in [-0.4, -0.2) is 47.1 Å². The Balaban J connectivity index is 1.51. The summed E-state index contributed by atoms with van der Waals surface area (Å²) in [5, 5.41) is 2.59. The highest BCUT2D eigenvalue weighted by Gasteiger charge is 2.31. The number of hydrogen-bond acceptors (Lipinski definition) is 4. The maximum absolute atomic E-state index is 13.8. The lowest BCUT2D eigenvalue weighted by Crippen LogP contribution is -2.38. The van der Waals surface area contributed by atoms with E-state index < -0.39 is 17.8 Å². The molecule has 2 heterocycles. The number of anilines is 2. The van der Waals surface area contributed by atoms with Gasteiger partial charge in [-0.15, -0.1) is 0 Å². The van der Waals surface area contributed by atoms with Crippen LogP contribution >= 0.6 is 0 Å². The second kappa shape index (κ2) is 11.1. The lowest BCUT2D eigenvalue weighted by molar-refractivity contribution is -0.137. The quantitative estimate of drug-likeness (QED) is 0.434. The molecule has 1 N–H and O–H groups in total. The summed E-state index contributed by atoms with van der Waals surface area (Å²) in [7, 11) is 0. The minimum atomic E-state index is -4.49. The standard InChI is InChI=1S/C27H29F4N5O/c1-3-24-23(16-19-7-4-9-21(28)15-19)25(33-18(2)32-24)35-11-6-12-36(14-13-35)26(37)34-22-10-5-8-20(17-22)27(29,30)31/h4-5,7-10,15,17H,3,6,11-14,16H2,1-2H3,(H,34,37). The van der Waals surface area contributed by atoms with Crippen molar-refractivity contribution in [2.24, 2.45) is 0 Å². The maximum atomic E-state index is 13.8. The lowest BCUT2D eigenvalue weighted by atomic mass is 10.0. The molecule has 0 atom stereocenters. The van der Waals surface area contributed by atoms with Gasteiger partial charge in [-0.3, -0.25) is 0 Å². The summed E-state index contributed by atoms with van der Waals surface area (Å²) in [6.07, 6.45) is -2.66. The van der Waals surface area contributed by atoms with E-state index in [1.165, 1.54) is 24.3 Å². The molecule has 37 heavy (non-hydrogen) atoms. The zero-order valence-electron chi connectivity index (χ0n) is 20.8. The van der Waals surface area contributed by atoms with E-state index in [2.05, 4.69) is 15.2 Å². The number of urea groups is 1. The number of carbonyl (C=O) groups excluding carboxylic acids is 1. The molecule has 10 heteroatoms. The van der Waals surface area contributed by atoms with Crippen LogP contribution in [0.5, 0.6) is 0 Å². The van der Waals surface area contributed by atoms with Gasteiger partial charge in [-0.25, -0.2) is 19.2 Å². The van der Waals surface area contributed by atoms with E-state index in [1.807, 2.05) is 19.9 Å². The molecule has 0 saturated carbocycles. The van der Waals surface area contributed by atoms with Gasteiger partial charge in [0.05, 0.1) is 5.56 Å². The molecule has 0 unspecified atom stereocenters. The minimum Gasteiger partial charge on any atom is -0.354 e. The van der Waals surface area contributed by atoms with Gasteiger partial charge in [0.25, 0.3) is 0 Å². The third kappa shape index (κ3) is 6.55. The minimum absolute atomic E-state index is 0.0947. The van der Waals surface area contributed by atoms with Crippen molar-refractivity contribution >= 4 is 17.5 Å². The molecule has 1 aromatic heterocycles. The molecule has 0 aliphatic carbocycles. The highest BCUT2D eigenvalue weighted by Crippen LogP contribution is 2.31. The summed E-state index contributed by atoms with van der Waals surface area (Å²) < 4.78 is 52.9. The average molecular weight is 516 g/mol. The van der Waals surface area contributed by atoms with Crippen LogP contribution < -0.4 is 10.2 Å². The molecular weight excluding hydrogens is 486 g/mol. The summed E-state index contributed by atoms with van der Waals surface area (Å²) in [5.74, 6) is 1.11. The fourth-order valence-corrected chi connectivity index (χ4v) is 4.53. The van der Waals surface area contributed by atoms with Crippen LogP contribution in [0.25, 0.3) is 0 Å². The summed E-state index contributed by atoms with van der Waals surface area (Å²) in [6.45, 7) is 5.80. The molecule has 1 fully saturated rings. The molecule has 1 saturated heterocycles. The number of hydrogen-bond donors (Lipinski definition) is 1. The normalized spacial score (nSPS) is 14.4. The van der Waals surface area contributed by atoms with Crippen molar-refractivity contribution in [1.29, 1.82) is 0 Å². The van der Waals surface area contributed by atoms with Crippen molar-refractivity contribution in [2.45, 2.75) is 39.3 Å². The fourth-order valence-electron chi connectivity index (χ4n) is 4.53. The fraction of sp³-hybridized carbons (Fsp3) is 0.370. The number of rotatable bonds is 5. The van der Waals surface area contributed by atoms with Gasteiger partial charge in [0, 0.05) is 49.5 Å². The van der Waals surface area contributed by atoms with Crippen LogP contribution in [0.4, 0.5) is 33.9 Å². The van der Waals surface area contributed by atoms with Crippen LogP contribution in [0.15, 0.2) is 48.5 Å². The number of alkyl halides is 3. The van der Waals surface area contributed by atoms with Gasteiger partial charge in [0.1, 0.15) is 17.5 Å². The molecule has 196 valence electrons. The Morgan fingerprint density at radius 2 is 1.81 bits per heavy atom. The van der Waals surface area contributed by atoms with E-state index in [-0.39, 0.29) is 11.5 Å². The van der Waals surface area contributed by atoms with Gasteiger partial charge in [0.2, 0.25) is 0 Å². The molecule has 0 radical (unpaired) electrons. The Hall–Kier alpha value is -3.69. The number of aromatic nitrogens is 2. The van der Waals surface area contributed by atoms with Crippen molar-refractivity contribution in [2.75, 3.05) is 36.4 Å². The largest absolute Gasteiger partial charge is 0.416 e. The Morgan fingerprint density at radius 3 is 2.54 bits per heavy atom. The first-order chi connectivity index (χ1) is 17.6. The summed E-state index contributed by atoms with van der Waals surface area (Å²) in [6, 6.07) is 10.6. The average Bonchev–Trinajstić information content (AvgIpc) is 3.11. The van der Waals surface area contributed by atoms with Crippen LogP contribution in [0.3, 0.4) is 0 Å². The highest BCUT2D eigenvalue weighted by molar-refractivity contribution is 5.89. The predicted molar refractivity (Wildman–Crippen MR) is 134 cm³/mol. The molecule has 2 amide bonds. The molecule has 1 aliphatic heterocycles. The van der Waals surface area contributed by atoms with Crippen molar-refractivity contribution in [3.63, 3.8) is 0 Å². The van der Waals surface area contributed by atoms with Gasteiger partial charge >= 0.3 is 12.2 Å². The molecule has 3 aromatic rings. The SMILES string of the molecule is CCc1nc(C)nc(N2CCCN(C(=O)Nc3cccc(C(F)(F)F)c3)CC2)c1Cc1cccc(F)c1. The van der Waals surface area contributed by atoms with E-state index in [0.717, 1.165) is 34.8 Å². The predicted octanol–water partition coefficient (Wildman–Crippen LogP) is 5.84. The van der Waals surface area contributed by atoms with Crippen LogP contribution in [0.1, 0.15) is 41.6 Å². The topological polar surface area (TPSA) is 61.4 Å². The summed E-state index contributed by atoms with van der Waals surface area (Å²) in [4.78, 5) is 25.9. The first-order valence-electron chi connectivity index (χ1n) is 12.2. The zero-order chi connectivity index (χ0) is 26.6. The van der Waals surface area contributed by atoms with Crippen molar-refractivity contribution < 1.29 is 22.4 Å². The first kappa shape index (κ1) is 26.4. The Bertz CT molecular complexity index is 1260. The van der Waals surface area contributed by atoms with Crippen molar-refractivity contribution in [3.05, 3.63) is 82.6 Å². The number of halogens is 4. The second-order valence-corrected chi connectivity index (χ2v) is 9.02. The number of benzene rings is 2. The molecule has 0 spiro atoms. The molecule has 0 bridgehead atoms. The van der Waals surface area contributed by atoms with Gasteiger partial charge in [-0.2, -0.15) is 13.2 Å². The molecule has 2 aromatic carbocycles. The van der Waals surface area contributed by atoms with Crippen LogP contribution in [0.2, 0.25) is 0 Å². The summed E-state index contributed by atoms with van der Waals surface area (Å²) >= 11 is 0. The zero-order valence-corrected chi connectivity index (χ0v) is 20.8. The molecule has 4 rings (SSSR count). The van der Waals surface area contributed by atoms with Crippen LogP contribution in [-0.2, 0) is 19.0 Å². The lowest BCUT2D eigenvalue weighted by Gasteiger charge is -2.26. The molecule has 1 aliphatic rings. The van der Waals surface area contributed by atoms with Gasteiger partial charge in [-0.05, 0) is 55.7 Å². The maximum Gasteiger partial charge on any atom is 0.416 e. The smallest absolute Gasteiger partial charge is 0.354 e. The van der Waals surface area contributed by atoms with Crippen molar-refractivity contribution in [1.82, 2.24) is 14.9 Å². The number of aryl methyl sites for hydroxylation is 2. The molecule has 6 nitrogen and oxygen atoms in total. The molecular formula is C27H29F4N5O. The van der Waals surface area contributed by atoms with Gasteiger partial charge < -0.3 is 15.1 Å². The van der Waals surface area contributed by atoms with E-state index in [1.54, 1.807) is 11.0 Å². The van der Waals surface area contributed by atoms with Crippen LogP contribution in [0, 0.1) is 12.7 Å². The second-order valence-electron chi connectivity index (χ2n) is 9.02. The van der Waals surface area contributed by atoms with Gasteiger partial charge in [0.15, 0.2) is 0 Å². The Labute approximate surface area is 213 Å². The first-order valence-corrected chi connectivity index (χ1v) is 12.2. The third-order valence-electron chi connectivity index (χ3n) is 6.31. The monoisotopic (exact) mass is 515 g/mol. The van der Waals surface area contributed by atoms with E-state index >= 15 is 0 Å².